The third kappa shape index (κ3) is 3.75. The summed E-state index contributed by atoms with van der Waals surface area (Å²) in [6, 6.07) is 59.3. The van der Waals surface area contributed by atoms with Crippen LogP contribution in [0.3, 0.4) is 0 Å². The van der Waals surface area contributed by atoms with E-state index < -0.39 is 0 Å². The van der Waals surface area contributed by atoms with Crippen LogP contribution in [-0.2, 0) is 0 Å². The van der Waals surface area contributed by atoms with E-state index in [-0.39, 0.29) is 0 Å². The van der Waals surface area contributed by atoms with Crippen molar-refractivity contribution in [2.24, 2.45) is 0 Å². The minimum Gasteiger partial charge on any atom is -0.309 e. The molecular formula is C48H28N4. The molecule has 11 aromatic rings. The summed E-state index contributed by atoms with van der Waals surface area (Å²) in [5.41, 5.74) is 13.8. The van der Waals surface area contributed by atoms with Gasteiger partial charge in [-0.05, 0) is 100 Å². The lowest BCUT2D eigenvalue weighted by molar-refractivity contribution is 1.10. The van der Waals surface area contributed by atoms with E-state index in [0.29, 0.717) is 0 Å². The number of rotatable bonds is 3. The van der Waals surface area contributed by atoms with Gasteiger partial charge in [0.25, 0.3) is 0 Å². The standard InChI is InChI=1S/C48H28N4/c1-2-12-33(13-3-1)51-42-18-7-6-14-34(42)37-25-31(19-21-43(37)51)32-20-22-44-38(26-32)39-24-29-10-4-5-11-30(29)27-45(39)52(44)46-28-40-47-35(15-8-17-41(47)50-46)36-16-9-23-49-48(36)40/h1-28H. The van der Waals surface area contributed by atoms with Crippen molar-refractivity contribution in [3.8, 4) is 45.0 Å². The van der Waals surface area contributed by atoms with E-state index in [0.717, 1.165) is 33.6 Å². The van der Waals surface area contributed by atoms with E-state index in [1.807, 2.05) is 12.3 Å². The predicted molar refractivity (Wildman–Crippen MR) is 216 cm³/mol. The largest absolute Gasteiger partial charge is 0.309 e. The van der Waals surface area contributed by atoms with Gasteiger partial charge in [-0.15, -0.1) is 0 Å². The summed E-state index contributed by atoms with van der Waals surface area (Å²) in [6.07, 6.45) is 1.89. The SMILES string of the molecule is c1ccc(-n2c3ccccc3c3cc(-c4ccc5c(c4)c4cc6ccccc6cc4n5-c4cc5c6c(cccc6n4)-c4cccnc4-5)ccc32)cc1. The molecule has 0 saturated carbocycles. The van der Waals surface area contributed by atoms with Gasteiger partial charge in [0.15, 0.2) is 0 Å². The van der Waals surface area contributed by atoms with Gasteiger partial charge >= 0.3 is 0 Å². The molecule has 0 N–H and O–H groups in total. The summed E-state index contributed by atoms with van der Waals surface area (Å²) < 4.78 is 4.72. The number of para-hydroxylation sites is 2. The first-order valence-electron chi connectivity index (χ1n) is 17.7. The van der Waals surface area contributed by atoms with Gasteiger partial charge in [-0.3, -0.25) is 9.55 Å². The van der Waals surface area contributed by atoms with Gasteiger partial charge in [0.05, 0.1) is 33.3 Å². The first-order valence-corrected chi connectivity index (χ1v) is 17.7. The summed E-state index contributed by atoms with van der Waals surface area (Å²) in [7, 11) is 0. The highest BCUT2D eigenvalue weighted by Crippen LogP contribution is 2.47. The molecule has 0 aliphatic heterocycles. The molecule has 0 saturated heterocycles. The van der Waals surface area contributed by atoms with Gasteiger partial charge in [0.1, 0.15) is 5.82 Å². The zero-order chi connectivity index (χ0) is 33.9. The Morgan fingerprint density at radius 3 is 1.92 bits per heavy atom. The van der Waals surface area contributed by atoms with Gasteiger partial charge in [0, 0.05) is 49.9 Å². The molecule has 1 aliphatic carbocycles. The van der Waals surface area contributed by atoms with Crippen molar-refractivity contribution in [2.75, 3.05) is 0 Å². The van der Waals surface area contributed by atoms with Crippen LogP contribution >= 0.6 is 0 Å². The van der Waals surface area contributed by atoms with Crippen LogP contribution in [0.25, 0.3) is 110 Å². The second-order valence-corrected chi connectivity index (χ2v) is 13.8. The predicted octanol–water partition coefficient (Wildman–Crippen LogP) is 12.3. The first-order chi connectivity index (χ1) is 25.8. The number of benzene rings is 7. The fraction of sp³-hybridized carbons (Fsp3) is 0. The maximum Gasteiger partial charge on any atom is 0.138 e. The monoisotopic (exact) mass is 660 g/mol. The zero-order valence-electron chi connectivity index (χ0n) is 28.0. The summed E-state index contributed by atoms with van der Waals surface area (Å²) in [5.74, 6) is 0.899. The molecule has 0 amide bonds. The quantitative estimate of drug-likeness (QED) is 0.189. The molecule has 4 nitrogen and oxygen atoms in total. The molecule has 12 rings (SSSR count). The minimum absolute atomic E-state index is 0.899. The smallest absolute Gasteiger partial charge is 0.138 e. The van der Waals surface area contributed by atoms with Crippen LogP contribution in [0.4, 0.5) is 0 Å². The molecular weight excluding hydrogens is 633 g/mol. The number of aromatic nitrogens is 4. The molecule has 4 heteroatoms. The second kappa shape index (κ2) is 10.3. The number of pyridine rings is 2. The molecule has 0 radical (unpaired) electrons. The Labute approximate surface area is 298 Å². The van der Waals surface area contributed by atoms with Crippen LogP contribution in [0, 0.1) is 0 Å². The van der Waals surface area contributed by atoms with Gasteiger partial charge in [0.2, 0.25) is 0 Å². The van der Waals surface area contributed by atoms with Crippen molar-refractivity contribution < 1.29 is 0 Å². The molecule has 7 aromatic carbocycles. The van der Waals surface area contributed by atoms with Crippen molar-refractivity contribution in [3.05, 3.63) is 170 Å². The molecule has 0 bridgehead atoms. The number of hydrogen-bond acceptors (Lipinski definition) is 2. The first kappa shape index (κ1) is 27.7. The van der Waals surface area contributed by atoms with Crippen LogP contribution in [0.15, 0.2) is 170 Å². The fourth-order valence-electron chi connectivity index (χ4n) is 8.78. The average molecular weight is 661 g/mol. The van der Waals surface area contributed by atoms with Crippen molar-refractivity contribution in [3.63, 3.8) is 0 Å². The molecule has 4 heterocycles. The van der Waals surface area contributed by atoms with Gasteiger partial charge < -0.3 is 4.57 Å². The highest BCUT2D eigenvalue weighted by Gasteiger charge is 2.25. The Balaban J connectivity index is 1.11. The van der Waals surface area contributed by atoms with E-state index in [9.17, 15) is 0 Å². The summed E-state index contributed by atoms with van der Waals surface area (Å²) in [4.78, 5) is 10.2. The van der Waals surface area contributed by atoms with Crippen LogP contribution in [0.1, 0.15) is 0 Å². The highest BCUT2D eigenvalue weighted by atomic mass is 15.1. The van der Waals surface area contributed by atoms with Crippen LogP contribution in [-0.4, -0.2) is 19.1 Å². The molecule has 0 fully saturated rings. The molecule has 0 atom stereocenters. The number of nitrogens with zero attached hydrogens (tertiary/aromatic N) is 4. The maximum atomic E-state index is 5.35. The number of hydrogen-bond donors (Lipinski definition) is 0. The van der Waals surface area contributed by atoms with E-state index >= 15 is 0 Å². The summed E-state index contributed by atoms with van der Waals surface area (Å²) >= 11 is 0. The number of fused-ring (bicyclic) bond motifs is 10. The van der Waals surface area contributed by atoms with Crippen molar-refractivity contribution >= 4 is 65.3 Å². The fourth-order valence-corrected chi connectivity index (χ4v) is 8.78. The Kier molecular flexibility index (Phi) is 5.47. The lowest BCUT2D eigenvalue weighted by Gasteiger charge is -2.11. The van der Waals surface area contributed by atoms with Gasteiger partial charge in [-0.25, -0.2) is 4.98 Å². The van der Waals surface area contributed by atoms with E-state index in [1.54, 1.807) is 0 Å². The molecule has 0 unspecified atom stereocenters. The molecule has 240 valence electrons. The summed E-state index contributed by atoms with van der Waals surface area (Å²) in [5, 5.41) is 8.52. The minimum atomic E-state index is 0.899. The molecule has 1 aliphatic rings. The Hall–Kier alpha value is -7.04. The van der Waals surface area contributed by atoms with E-state index in [2.05, 4.69) is 167 Å². The molecule has 4 aromatic heterocycles. The van der Waals surface area contributed by atoms with Crippen LogP contribution in [0.2, 0.25) is 0 Å². The van der Waals surface area contributed by atoms with E-state index in [4.69, 9.17) is 9.97 Å². The highest BCUT2D eigenvalue weighted by molar-refractivity contribution is 6.17. The van der Waals surface area contributed by atoms with Gasteiger partial charge in [-0.2, -0.15) is 0 Å². The maximum absolute atomic E-state index is 5.35. The van der Waals surface area contributed by atoms with Gasteiger partial charge in [-0.1, -0.05) is 91.0 Å². The second-order valence-electron chi connectivity index (χ2n) is 13.8. The lowest BCUT2D eigenvalue weighted by Crippen LogP contribution is -1.99. The Morgan fingerprint density at radius 1 is 0.404 bits per heavy atom. The Morgan fingerprint density at radius 2 is 1.08 bits per heavy atom. The van der Waals surface area contributed by atoms with Crippen molar-refractivity contribution in [2.45, 2.75) is 0 Å². The normalized spacial score (nSPS) is 12.2. The average Bonchev–Trinajstić information content (AvgIpc) is 3.83. The molecule has 52 heavy (non-hydrogen) atoms. The van der Waals surface area contributed by atoms with E-state index in [1.165, 1.54) is 76.7 Å². The summed E-state index contributed by atoms with van der Waals surface area (Å²) in [6.45, 7) is 0. The Bertz CT molecular complexity index is 3290. The third-order valence-corrected chi connectivity index (χ3v) is 11.1. The van der Waals surface area contributed by atoms with Crippen molar-refractivity contribution in [1.82, 2.24) is 19.1 Å². The zero-order valence-corrected chi connectivity index (χ0v) is 28.0. The van der Waals surface area contributed by atoms with Crippen molar-refractivity contribution in [1.29, 1.82) is 0 Å². The van der Waals surface area contributed by atoms with Crippen LogP contribution in [0.5, 0.6) is 0 Å². The third-order valence-electron chi connectivity index (χ3n) is 11.1. The van der Waals surface area contributed by atoms with Crippen LogP contribution < -0.4 is 0 Å². The topological polar surface area (TPSA) is 35.6 Å². The lowest BCUT2D eigenvalue weighted by atomic mass is 10.00. The molecule has 0 spiro atoms.